The first kappa shape index (κ1) is 30.4. The van der Waals surface area contributed by atoms with E-state index < -0.39 is 30.4 Å². The van der Waals surface area contributed by atoms with Gasteiger partial charge in [0.2, 0.25) is 5.82 Å². The zero-order chi connectivity index (χ0) is 29.5. The quantitative estimate of drug-likeness (QED) is 0.306. The number of carbonyl (C=O) groups is 2. The number of likely N-dealkylation sites (tertiary alicyclic amines) is 1. The van der Waals surface area contributed by atoms with Crippen LogP contribution >= 0.6 is 0 Å². The summed E-state index contributed by atoms with van der Waals surface area (Å²) >= 11 is 0. The molecule has 2 aromatic rings. The standard InChI is InChI=1S/C25H34N8O6.C2H6/c1-2-28-23(36)20-18(34)19(35)24(39-20)33-13-29-17-21(26)30-16(31-22(17)33)5-3-4-14-7-10-32(11-8-14)25(37)38-15-6-9-27-12-15;1-2/h13-15,18-20,24,27,34-35H,2,4,6-12H2,1H3,(H,28,36)(H2,26,30,31);1-2H3/t15?,18?,19-,20-,24+;/m0./s1. The molecule has 14 nitrogen and oxygen atoms in total. The van der Waals surface area contributed by atoms with Gasteiger partial charge in [0.05, 0.1) is 6.33 Å². The predicted octanol–water partition coefficient (Wildman–Crippen LogP) is 0.142. The summed E-state index contributed by atoms with van der Waals surface area (Å²) in [6, 6.07) is 0. The highest BCUT2D eigenvalue weighted by atomic mass is 16.6. The third kappa shape index (κ3) is 6.87. The van der Waals surface area contributed by atoms with E-state index in [0.29, 0.717) is 44.0 Å². The summed E-state index contributed by atoms with van der Waals surface area (Å²) < 4.78 is 12.7. The number of nitrogen functional groups attached to an aromatic ring is 1. The van der Waals surface area contributed by atoms with Crippen LogP contribution in [0.2, 0.25) is 0 Å². The molecular weight excluding hydrogens is 532 g/mol. The Morgan fingerprint density at radius 3 is 2.66 bits per heavy atom. The maximum Gasteiger partial charge on any atom is 0.410 e. The summed E-state index contributed by atoms with van der Waals surface area (Å²) in [5, 5.41) is 26.7. The van der Waals surface area contributed by atoms with E-state index in [1.807, 2.05) is 13.8 Å². The number of nitrogens with zero attached hydrogens (tertiary/aromatic N) is 5. The number of amides is 2. The smallest absolute Gasteiger partial charge is 0.410 e. The van der Waals surface area contributed by atoms with Gasteiger partial charge in [-0.1, -0.05) is 19.8 Å². The van der Waals surface area contributed by atoms with E-state index >= 15 is 0 Å². The lowest BCUT2D eigenvalue weighted by atomic mass is 9.94. The van der Waals surface area contributed by atoms with E-state index in [1.54, 1.807) is 11.8 Å². The number of anilines is 1. The molecule has 14 heteroatoms. The fraction of sp³-hybridized carbons (Fsp3) is 0.667. The topological polar surface area (TPSA) is 190 Å². The zero-order valence-electron chi connectivity index (χ0n) is 23.7. The van der Waals surface area contributed by atoms with Crippen molar-refractivity contribution in [1.82, 2.24) is 35.1 Å². The molecule has 2 aromatic heterocycles. The molecule has 2 unspecified atom stereocenters. The van der Waals surface area contributed by atoms with Gasteiger partial charge in [-0.3, -0.25) is 9.36 Å². The van der Waals surface area contributed by atoms with Crippen LogP contribution in [0.1, 0.15) is 58.5 Å². The summed E-state index contributed by atoms with van der Waals surface area (Å²) in [7, 11) is 0. The van der Waals surface area contributed by atoms with Gasteiger partial charge < -0.3 is 41.0 Å². The minimum atomic E-state index is -1.43. The first-order valence-corrected chi connectivity index (χ1v) is 14.3. The number of rotatable bonds is 5. The summed E-state index contributed by atoms with van der Waals surface area (Å²) in [6.45, 7) is 8.95. The van der Waals surface area contributed by atoms with Crippen molar-refractivity contribution in [3.63, 3.8) is 0 Å². The SMILES string of the molecule is CC.CCNC(=O)[C@H]1O[C@@H](n2cnc3c(N)nc(C#CCC4CCN(C(=O)OC5CCNC5)CC4)nc32)[C@@H](O)C1O. The first-order valence-electron chi connectivity index (χ1n) is 14.3. The number of imidazole rings is 1. The van der Waals surface area contributed by atoms with Crippen molar-refractivity contribution < 1.29 is 29.3 Å². The fourth-order valence-electron chi connectivity index (χ4n) is 5.10. The number of hydrogen-bond acceptors (Lipinski definition) is 11. The Bertz CT molecular complexity index is 1260. The lowest BCUT2D eigenvalue weighted by Crippen LogP contribution is -2.42. The van der Waals surface area contributed by atoms with Crippen molar-refractivity contribution in [1.29, 1.82) is 0 Å². The Kier molecular flexibility index (Phi) is 10.3. The van der Waals surface area contributed by atoms with E-state index in [-0.39, 0.29) is 29.5 Å². The molecule has 2 amide bonds. The third-order valence-corrected chi connectivity index (χ3v) is 7.32. The molecule has 3 saturated heterocycles. The van der Waals surface area contributed by atoms with Crippen molar-refractivity contribution >= 4 is 29.0 Å². The van der Waals surface area contributed by atoms with Crippen molar-refractivity contribution in [2.75, 3.05) is 38.5 Å². The number of carbonyl (C=O) groups excluding carboxylic acids is 2. The van der Waals surface area contributed by atoms with Gasteiger partial charge in [0, 0.05) is 32.6 Å². The minimum Gasteiger partial charge on any atom is -0.445 e. The van der Waals surface area contributed by atoms with Crippen molar-refractivity contribution in [2.45, 2.75) is 77.1 Å². The van der Waals surface area contributed by atoms with Crippen LogP contribution in [0.25, 0.3) is 11.2 Å². The van der Waals surface area contributed by atoms with Gasteiger partial charge in [-0.2, -0.15) is 0 Å². The van der Waals surface area contributed by atoms with Gasteiger partial charge in [-0.05, 0) is 44.6 Å². The van der Waals surface area contributed by atoms with Gasteiger partial charge in [0.25, 0.3) is 5.91 Å². The van der Waals surface area contributed by atoms with Crippen LogP contribution in [-0.4, -0.2) is 104 Å². The first-order chi connectivity index (χ1) is 19.9. The van der Waals surface area contributed by atoms with Crippen LogP contribution in [0.5, 0.6) is 0 Å². The number of nitrogens with two attached hydrogens (primary N) is 1. The number of aliphatic hydroxyl groups excluding tert-OH is 2. The average Bonchev–Trinajstić information content (AvgIpc) is 3.71. The molecular formula is C27H40N8O6. The largest absolute Gasteiger partial charge is 0.445 e. The van der Waals surface area contributed by atoms with Crippen LogP contribution in [0, 0.1) is 17.8 Å². The Labute approximate surface area is 239 Å². The molecule has 224 valence electrons. The van der Waals surface area contributed by atoms with Crippen LogP contribution in [0.4, 0.5) is 10.6 Å². The number of likely N-dealkylation sites (N-methyl/N-ethyl adjacent to an activating group) is 1. The number of nitrogens with one attached hydrogen (secondary N) is 2. The number of ether oxygens (including phenoxy) is 2. The number of aliphatic hydroxyl groups is 2. The molecule has 41 heavy (non-hydrogen) atoms. The fourth-order valence-corrected chi connectivity index (χ4v) is 5.10. The van der Waals surface area contributed by atoms with Crippen LogP contribution in [0.15, 0.2) is 6.33 Å². The molecule has 5 rings (SSSR count). The highest BCUT2D eigenvalue weighted by molar-refractivity contribution is 5.83. The monoisotopic (exact) mass is 572 g/mol. The molecule has 5 heterocycles. The molecule has 0 saturated carbocycles. The Morgan fingerprint density at radius 2 is 1.98 bits per heavy atom. The van der Waals surface area contributed by atoms with Gasteiger partial charge >= 0.3 is 6.09 Å². The summed E-state index contributed by atoms with van der Waals surface area (Å²) in [4.78, 5) is 39.3. The summed E-state index contributed by atoms with van der Waals surface area (Å²) in [5.74, 6) is 6.18. The van der Waals surface area contributed by atoms with Gasteiger partial charge in [-0.15, -0.1) is 0 Å². The van der Waals surface area contributed by atoms with Crippen LogP contribution < -0.4 is 16.4 Å². The highest BCUT2D eigenvalue weighted by Gasteiger charge is 2.47. The zero-order valence-corrected chi connectivity index (χ0v) is 23.7. The highest BCUT2D eigenvalue weighted by Crippen LogP contribution is 2.32. The number of fused-ring (bicyclic) bond motifs is 1. The molecule has 0 aliphatic carbocycles. The molecule has 0 radical (unpaired) electrons. The predicted molar refractivity (Wildman–Crippen MR) is 149 cm³/mol. The van der Waals surface area contributed by atoms with E-state index in [4.69, 9.17) is 15.2 Å². The van der Waals surface area contributed by atoms with E-state index in [9.17, 15) is 19.8 Å². The maximum atomic E-state index is 12.4. The average molecular weight is 573 g/mol. The Hall–Kier alpha value is -3.51. The molecule has 3 aliphatic heterocycles. The summed E-state index contributed by atoms with van der Waals surface area (Å²) in [6.07, 6.45) is -0.963. The van der Waals surface area contributed by atoms with Gasteiger partial charge in [0.1, 0.15) is 23.8 Å². The van der Waals surface area contributed by atoms with Crippen molar-refractivity contribution in [2.24, 2.45) is 5.92 Å². The van der Waals surface area contributed by atoms with E-state index in [0.717, 1.165) is 25.8 Å². The molecule has 3 aliphatic rings. The second-order valence-electron chi connectivity index (χ2n) is 10.0. The third-order valence-electron chi connectivity index (χ3n) is 7.32. The van der Waals surface area contributed by atoms with Gasteiger partial charge in [0.15, 0.2) is 23.8 Å². The molecule has 3 fully saturated rings. The van der Waals surface area contributed by atoms with Crippen molar-refractivity contribution in [3.05, 3.63) is 12.2 Å². The molecule has 0 spiro atoms. The molecule has 0 bridgehead atoms. The number of aromatic nitrogens is 4. The minimum absolute atomic E-state index is 0.0438. The second kappa shape index (κ2) is 13.9. The Morgan fingerprint density at radius 1 is 1.22 bits per heavy atom. The molecule has 5 atom stereocenters. The van der Waals surface area contributed by atoms with Gasteiger partial charge in [-0.25, -0.2) is 19.7 Å². The maximum absolute atomic E-state index is 12.4. The lowest BCUT2D eigenvalue weighted by molar-refractivity contribution is -0.137. The second-order valence-corrected chi connectivity index (χ2v) is 10.0. The van der Waals surface area contributed by atoms with E-state index in [2.05, 4.69) is 37.4 Å². The van der Waals surface area contributed by atoms with Crippen molar-refractivity contribution in [3.8, 4) is 11.8 Å². The van der Waals surface area contributed by atoms with Crippen LogP contribution in [0.3, 0.4) is 0 Å². The number of hydrogen-bond donors (Lipinski definition) is 5. The number of piperidine rings is 1. The Balaban J connectivity index is 0.00000189. The molecule has 6 N–H and O–H groups in total. The summed E-state index contributed by atoms with van der Waals surface area (Å²) in [5.41, 5.74) is 6.66. The van der Waals surface area contributed by atoms with Crippen LogP contribution in [-0.2, 0) is 14.3 Å². The molecule has 0 aromatic carbocycles. The normalized spacial score (nSPS) is 26.2. The lowest BCUT2D eigenvalue weighted by Gasteiger charge is -2.31. The van der Waals surface area contributed by atoms with E-state index in [1.165, 1.54) is 10.9 Å².